The number of pyridine rings is 1. The van der Waals surface area contributed by atoms with Crippen LogP contribution in [0.4, 0.5) is 34.0 Å². The van der Waals surface area contributed by atoms with Gasteiger partial charge in [-0.05, 0) is 17.7 Å². The number of hydrogen-bond acceptors (Lipinski definition) is 9. The predicted octanol–water partition coefficient (Wildman–Crippen LogP) is 4.03. The summed E-state index contributed by atoms with van der Waals surface area (Å²) in [4.78, 5) is 24.3. The summed E-state index contributed by atoms with van der Waals surface area (Å²) < 4.78 is 65.5. The molecule has 1 unspecified atom stereocenters. The Hall–Kier alpha value is -5.47. The molecule has 210 valence electrons. The molecule has 0 aliphatic rings. The van der Waals surface area contributed by atoms with Gasteiger partial charge in [0.25, 0.3) is 5.95 Å². The lowest BCUT2D eigenvalue weighted by Crippen LogP contribution is -2.22. The van der Waals surface area contributed by atoms with E-state index in [9.17, 15) is 22.4 Å². The van der Waals surface area contributed by atoms with E-state index in [2.05, 4.69) is 24.8 Å². The van der Waals surface area contributed by atoms with Gasteiger partial charge in [-0.2, -0.15) is 28.5 Å². The normalized spacial score (nSPS) is 12.0. The molecule has 0 bridgehead atoms. The van der Waals surface area contributed by atoms with Gasteiger partial charge in [0.1, 0.15) is 34.5 Å². The number of ether oxygens (including phenoxy) is 2. The fraction of sp³-hybridized carbons (Fsp3) is 0.115. The van der Waals surface area contributed by atoms with Crippen molar-refractivity contribution >= 4 is 28.8 Å². The smallest absolute Gasteiger partial charge is 0.405 e. The zero-order valence-electron chi connectivity index (χ0n) is 20.8. The van der Waals surface area contributed by atoms with Crippen LogP contribution in [0.3, 0.4) is 0 Å². The van der Waals surface area contributed by atoms with E-state index in [-0.39, 0.29) is 57.6 Å². The maximum Gasteiger partial charge on any atom is 0.405 e. The van der Waals surface area contributed by atoms with Gasteiger partial charge in [-0.1, -0.05) is 36.4 Å². The average Bonchev–Trinajstić information content (AvgIpc) is 3.26. The number of nitrogen functional groups attached to an aromatic ring is 2. The summed E-state index contributed by atoms with van der Waals surface area (Å²) in [6.07, 6.45) is -1.83. The number of hydrogen-bond donors (Lipinski definition) is 3. The van der Waals surface area contributed by atoms with Gasteiger partial charge >= 0.3 is 12.7 Å². The van der Waals surface area contributed by atoms with E-state index in [1.165, 1.54) is 36.4 Å². The van der Waals surface area contributed by atoms with E-state index >= 15 is 0 Å². The molecule has 3 heterocycles. The molecule has 0 spiro atoms. The molecule has 3 aromatic heterocycles. The number of alkyl halides is 2. The Balaban J connectivity index is 1.63. The monoisotopic (exact) mass is 568 g/mol. The molecule has 0 saturated carbocycles. The minimum absolute atomic E-state index is 0.00724. The number of para-hydroxylation sites is 1. The summed E-state index contributed by atoms with van der Waals surface area (Å²) in [7, 11) is 0. The minimum atomic E-state index is -3.20. The maximum atomic E-state index is 14.4. The predicted molar refractivity (Wildman–Crippen MR) is 138 cm³/mol. The van der Waals surface area contributed by atoms with Crippen LogP contribution in [0, 0.1) is 11.6 Å². The molecular weight excluding hydrogens is 548 g/mol. The molecule has 0 aliphatic heterocycles. The first kappa shape index (κ1) is 27.1. The van der Waals surface area contributed by atoms with Crippen molar-refractivity contribution in [1.29, 1.82) is 0 Å². The minimum Gasteiger partial charge on any atom is -0.436 e. The van der Waals surface area contributed by atoms with Gasteiger partial charge < -0.3 is 26.7 Å². The Morgan fingerprint density at radius 2 is 1.68 bits per heavy atom. The third kappa shape index (κ3) is 5.50. The van der Waals surface area contributed by atoms with E-state index in [1.54, 1.807) is 12.1 Å². The molecule has 0 radical (unpaired) electrons. The van der Waals surface area contributed by atoms with Crippen molar-refractivity contribution in [2.45, 2.75) is 19.1 Å². The van der Waals surface area contributed by atoms with E-state index < -0.39 is 30.4 Å². The highest BCUT2D eigenvalue weighted by Gasteiger charge is 2.30. The highest BCUT2D eigenvalue weighted by atomic mass is 19.3. The third-order valence-corrected chi connectivity index (χ3v) is 5.97. The first-order valence-electron chi connectivity index (χ1n) is 11.8. The Labute approximate surface area is 228 Å². The van der Waals surface area contributed by atoms with Crippen LogP contribution in [0.2, 0.25) is 0 Å². The SMILES string of the molecule is NC(=O)OC(c1ccccc1OC(F)F)c1c(N)nc(-n2nc(Cc3ccccc3F)c3ncc(F)cc32)nc1N. The summed E-state index contributed by atoms with van der Waals surface area (Å²) in [5.74, 6) is -2.41. The fourth-order valence-corrected chi connectivity index (χ4v) is 4.28. The first-order valence-corrected chi connectivity index (χ1v) is 11.8. The lowest BCUT2D eigenvalue weighted by atomic mass is 10.0. The number of carbonyl (C=O) groups excluding carboxylic acids is 1. The van der Waals surface area contributed by atoms with Crippen molar-refractivity contribution in [1.82, 2.24) is 24.7 Å². The molecule has 11 nitrogen and oxygen atoms in total. The Morgan fingerprint density at radius 3 is 2.37 bits per heavy atom. The van der Waals surface area contributed by atoms with Crippen molar-refractivity contribution in [3.8, 4) is 11.7 Å². The fourth-order valence-electron chi connectivity index (χ4n) is 4.28. The van der Waals surface area contributed by atoms with Crippen molar-refractivity contribution in [2.24, 2.45) is 5.73 Å². The van der Waals surface area contributed by atoms with Gasteiger partial charge in [-0.25, -0.2) is 18.6 Å². The number of rotatable bonds is 8. The molecule has 6 N–H and O–H groups in total. The molecule has 0 fully saturated rings. The topological polar surface area (TPSA) is 170 Å². The second-order valence-corrected chi connectivity index (χ2v) is 8.59. The van der Waals surface area contributed by atoms with Crippen molar-refractivity contribution < 1.29 is 31.8 Å². The highest BCUT2D eigenvalue weighted by Crippen LogP contribution is 2.38. The summed E-state index contributed by atoms with van der Waals surface area (Å²) in [5.41, 5.74) is 18.4. The summed E-state index contributed by atoms with van der Waals surface area (Å²) in [6.45, 7) is -3.20. The van der Waals surface area contributed by atoms with Crippen LogP contribution in [0.25, 0.3) is 17.0 Å². The van der Waals surface area contributed by atoms with Crippen LogP contribution in [-0.4, -0.2) is 37.4 Å². The second-order valence-electron chi connectivity index (χ2n) is 8.59. The van der Waals surface area contributed by atoms with Gasteiger partial charge in [0, 0.05) is 18.1 Å². The van der Waals surface area contributed by atoms with Crippen molar-refractivity contribution in [2.75, 3.05) is 11.5 Å². The summed E-state index contributed by atoms with van der Waals surface area (Å²) in [5, 5.41) is 4.42. The largest absolute Gasteiger partial charge is 0.436 e. The Bertz CT molecular complexity index is 1740. The maximum absolute atomic E-state index is 14.4. The van der Waals surface area contributed by atoms with E-state index in [1.807, 2.05) is 0 Å². The van der Waals surface area contributed by atoms with Crippen LogP contribution in [0.1, 0.15) is 28.5 Å². The third-order valence-electron chi connectivity index (χ3n) is 5.97. The van der Waals surface area contributed by atoms with Crippen LogP contribution >= 0.6 is 0 Å². The number of benzene rings is 2. The zero-order valence-corrected chi connectivity index (χ0v) is 20.8. The number of amides is 1. The highest BCUT2D eigenvalue weighted by molar-refractivity contribution is 5.79. The second kappa shape index (κ2) is 11.0. The number of anilines is 2. The standard InChI is InChI=1S/C26H20F4N8O3/c27-13-10-17-20(34-11-13)16(9-12-5-1-3-7-15(12)28)37-38(17)26-35-22(31)19(23(32)36-26)21(41-25(33)39)14-6-2-4-8-18(14)40-24(29)30/h1-8,10-11,21,24H,9H2,(H2,33,39)(H4,31,32,35,36). The number of aromatic nitrogens is 5. The van der Waals surface area contributed by atoms with Crippen LogP contribution < -0.4 is 21.9 Å². The van der Waals surface area contributed by atoms with Crippen LogP contribution in [0.15, 0.2) is 60.8 Å². The molecular formula is C26H20F4N8O3. The van der Waals surface area contributed by atoms with E-state index in [0.717, 1.165) is 16.9 Å². The number of primary amides is 1. The molecule has 5 aromatic rings. The Kier molecular flexibility index (Phi) is 7.24. The molecule has 41 heavy (non-hydrogen) atoms. The summed E-state index contributed by atoms with van der Waals surface area (Å²) >= 11 is 0. The van der Waals surface area contributed by atoms with Gasteiger partial charge in [0.2, 0.25) is 0 Å². The molecule has 1 atom stereocenters. The quantitative estimate of drug-likeness (QED) is 0.234. The van der Waals surface area contributed by atoms with Gasteiger partial charge in [-0.15, -0.1) is 0 Å². The van der Waals surface area contributed by atoms with Gasteiger partial charge in [-0.3, -0.25) is 0 Å². The van der Waals surface area contributed by atoms with Gasteiger partial charge in [0.15, 0.2) is 6.10 Å². The molecule has 5 rings (SSSR count). The molecule has 1 amide bonds. The lowest BCUT2D eigenvalue weighted by Gasteiger charge is -2.22. The molecule has 0 saturated heterocycles. The number of halogens is 4. The molecule has 15 heteroatoms. The first-order chi connectivity index (χ1) is 19.6. The van der Waals surface area contributed by atoms with Crippen molar-refractivity contribution in [3.05, 3.63) is 94.8 Å². The summed E-state index contributed by atoms with van der Waals surface area (Å²) in [6, 6.07) is 12.6. The lowest BCUT2D eigenvalue weighted by molar-refractivity contribution is -0.0513. The molecule has 2 aromatic carbocycles. The number of nitrogens with zero attached hydrogens (tertiary/aromatic N) is 5. The van der Waals surface area contributed by atoms with Gasteiger partial charge in [0.05, 0.1) is 23.0 Å². The van der Waals surface area contributed by atoms with Crippen LogP contribution in [0.5, 0.6) is 5.75 Å². The number of fused-ring (bicyclic) bond motifs is 1. The Morgan fingerprint density at radius 1 is 1.00 bits per heavy atom. The van der Waals surface area contributed by atoms with Crippen molar-refractivity contribution in [3.63, 3.8) is 0 Å². The van der Waals surface area contributed by atoms with E-state index in [0.29, 0.717) is 5.56 Å². The number of carbonyl (C=O) groups is 1. The number of nitrogens with two attached hydrogens (primary N) is 3. The zero-order chi connectivity index (χ0) is 29.3. The molecule has 0 aliphatic carbocycles. The van der Waals surface area contributed by atoms with E-state index in [4.69, 9.17) is 21.9 Å². The average molecular weight is 568 g/mol. The van der Waals surface area contributed by atoms with Crippen LogP contribution in [-0.2, 0) is 11.2 Å².